The lowest BCUT2D eigenvalue weighted by Gasteiger charge is -2.31. The molecule has 1 rings (SSSR count). The number of halogens is 2. The van der Waals surface area contributed by atoms with Gasteiger partial charge in [-0.25, -0.2) is 0 Å². The van der Waals surface area contributed by atoms with Gasteiger partial charge >= 0.3 is 25.2 Å². The normalized spacial score (nSPS) is 22.5. The van der Waals surface area contributed by atoms with Crippen molar-refractivity contribution in [3.8, 4) is 0 Å². The summed E-state index contributed by atoms with van der Waals surface area (Å²) in [6, 6.07) is 0. The van der Waals surface area contributed by atoms with Gasteiger partial charge in [0.05, 0.1) is 6.42 Å². The molecule has 0 radical (unpaired) electrons. The van der Waals surface area contributed by atoms with Crippen molar-refractivity contribution in [3.63, 3.8) is 0 Å². The fourth-order valence-corrected chi connectivity index (χ4v) is 2.32. The fourth-order valence-electron chi connectivity index (χ4n) is 1.88. The Balaban J connectivity index is 3.45. The largest absolute Gasteiger partial charge is 0.481 e. The van der Waals surface area contributed by atoms with Gasteiger partial charge in [0, 0.05) is 6.21 Å². The van der Waals surface area contributed by atoms with Crippen LogP contribution >= 0.6 is 7.60 Å². The van der Waals surface area contributed by atoms with E-state index in [2.05, 4.69) is 4.99 Å². The van der Waals surface area contributed by atoms with Crippen LogP contribution in [0.3, 0.4) is 0 Å². The molecule has 0 saturated carbocycles. The molecule has 2 unspecified atom stereocenters. The van der Waals surface area contributed by atoms with Crippen molar-refractivity contribution in [1.29, 1.82) is 0 Å². The first-order chi connectivity index (χ1) is 9.86. The predicted octanol–water partition coefficient (Wildman–Crippen LogP) is -0.119. The van der Waals surface area contributed by atoms with Crippen LogP contribution in [0.4, 0.5) is 8.78 Å². The molecule has 2 atom stereocenters. The smallest absolute Gasteiger partial charge is 0.405 e. The van der Waals surface area contributed by atoms with Crippen LogP contribution in [-0.4, -0.2) is 55.1 Å². The number of Topliss-reactive ketones (excluding diaryl/α,β-unsaturated/α-hetero) is 1. The maximum absolute atomic E-state index is 13.6. The molecule has 0 aromatic rings. The molecule has 0 aromatic heterocycles. The standard InChI is InChI=1S/C10H10F2NO8P/c11-10(12,22(19,20)21)8(18)9(2-1-3-13-9)5(7(16)17)4-6(14)15/h1-3,5H,4H2,(H,14,15)(H,16,17)(H2,19,20,21). The molecule has 4 N–H and O–H groups in total. The molecule has 22 heavy (non-hydrogen) atoms. The maximum atomic E-state index is 13.6. The van der Waals surface area contributed by atoms with Crippen LogP contribution in [0, 0.1) is 5.92 Å². The highest BCUT2D eigenvalue weighted by Gasteiger charge is 2.65. The summed E-state index contributed by atoms with van der Waals surface area (Å²) in [6.45, 7) is 0. The van der Waals surface area contributed by atoms with E-state index in [0.717, 1.165) is 12.3 Å². The molecular formula is C10H10F2NO8P. The molecule has 122 valence electrons. The number of allylic oxidation sites excluding steroid dienone is 1. The molecule has 0 aliphatic carbocycles. The summed E-state index contributed by atoms with van der Waals surface area (Å²) >= 11 is 0. The fraction of sp³-hybridized carbons (Fsp3) is 0.400. The second-order valence-electron chi connectivity index (χ2n) is 4.37. The number of aliphatic imine (C=N–C) groups is 1. The SMILES string of the molecule is O=C(O)CC(C(=O)O)C1(C(=O)C(F)(F)P(=O)(O)O)C=CC=N1. The molecule has 0 saturated heterocycles. The molecule has 0 aromatic carbocycles. The topological polar surface area (TPSA) is 162 Å². The third kappa shape index (κ3) is 2.96. The highest BCUT2D eigenvalue weighted by molar-refractivity contribution is 7.54. The van der Waals surface area contributed by atoms with Crippen molar-refractivity contribution in [1.82, 2.24) is 0 Å². The van der Waals surface area contributed by atoms with Gasteiger partial charge in [0.15, 0.2) is 5.54 Å². The summed E-state index contributed by atoms with van der Waals surface area (Å²) in [5, 5.41) is 17.7. The summed E-state index contributed by atoms with van der Waals surface area (Å²) < 4.78 is 38.0. The molecule has 12 heteroatoms. The Hall–Kier alpha value is -1.97. The van der Waals surface area contributed by atoms with Crippen LogP contribution in [0.1, 0.15) is 6.42 Å². The van der Waals surface area contributed by atoms with E-state index in [1.165, 1.54) is 0 Å². The van der Waals surface area contributed by atoms with Crippen molar-refractivity contribution in [3.05, 3.63) is 12.2 Å². The number of ketones is 1. The Morgan fingerprint density at radius 2 is 1.82 bits per heavy atom. The predicted molar refractivity (Wildman–Crippen MR) is 65.7 cm³/mol. The van der Waals surface area contributed by atoms with Gasteiger partial charge in [-0.3, -0.25) is 23.9 Å². The van der Waals surface area contributed by atoms with E-state index in [4.69, 9.17) is 20.0 Å². The van der Waals surface area contributed by atoms with Gasteiger partial charge in [0.2, 0.25) is 5.78 Å². The number of aliphatic carboxylic acids is 2. The molecular weight excluding hydrogens is 331 g/mol. The average molecular weight is 341 g/mol. The van der Waals surface area contributed by atoms with E-state index < -0.39 is 48.9 Å². The summed E-state index contributed by atoms with van der Waals surface area (Å²) in [5.41, 5.74) is -8.12. The van der Waals surface area contributed by atoms with E-state index in [-0.39, 0.29) is 0 Å². The van der Waals surface area contributed by atoms with E-state index in [0.29, 0.717) is 6.08 Å². The first-order valence-corrected chi connectivity index (χ1v) is 7.13. The molecule has 0 fully saturated rings. The van der Waals surface area contributed by atoms with Crippen molar-refractivity contribution >= 4 is 31.5 Å². The van der Waals surface area contributed by atoms with E-state index in [1.54, 1.807) is 0 Å². The van der Waals surface area contributed by atoms with Gasteiger partial charge in [-0.05, 0) is 12.2 Å². The van der Waals surface area contributed by atoms with E-state index >= 15 is 0 Å². The zero-order valence-electron chi connectivity index (χ0n) is 10.6. The van der Waals surface area contributed by atoms with Crippen molar-refractivity contribution in [2.24, 2.45) is 10.9 Å². The van der Waals surface area contributed by atoms with Crippen LogP contribution in [0.15, 0.2) is 17.1 Å². The third-order valence-corrected chi connectivity index (χ3v) is 3.87. The molecule has 0 amide bonds. The maximum Gasteiger partial charge on any atom is 0.405 e. The number of alkyl halides is 2. The number of carboxylic acid groups (broad SMARTS) is 2. The lowest BCUT2D eigenvalue weighted by Crippen LogP contribution is -2.53. The zero-order valence-corrected chi connectivity index (χ0v) is 11.5. The van der Waals surface area contributed by atoms with Gasteiger partial charge in [-0.2, -0.15) is 8.78 Å². The Morgan fingerprint density at radius 1 is 1.27 bits per heavy atom. The Bertz CT molecular complexity index is 610. The first kappa shape index (κ1) is 18.1. The van der Waals surface area contributed by atoms with E-state index in [9.17, 15) is 27.7 Å². The zero-order chi connectivity index (χ0) is 17.3. The van der Waals surface area contributed by atoms with Crippen molar-refractivity contribution < 1.29 is 47.7 Å². The Morgan fingerprint density at radius 3 is 2.14 bits per heavy atom. The second-order valence-corrected chi connectivity index (χ2v) is 6.02. The number of hydrogen-bond acceptors (Lipinski definition) is 5. The molecule has 1 heterocycles. The monoisotopic (exact) mass is 341 g/mol. The van der Waals surface area contributed by atoms with Crippen LogP contribution in [0.5, 0.6) is 0 Å². The van der Waals surface area contributed by atoms with Crippen molar-refractivity contribution in [2.45, 2.75) is 17.6 Å². The van der Waals surface area contributed by atoms with Crippen LogP contribution < -0.4 is 0 Å². The molecule has 1 aliphatic heterocycles. The highest BCUT2D eigenvalue weighted by Crippen LogP contribution is 2.56. The Kier molecular flexibility index (Phi) is 4.66. The van der Waals surface area contributed by atoms with E-state index in [1.807, 2.05) is 0 Å². The lowest BCUT2D eigenvalue weighted by molar-refractivity contribution is -0.155. The van der Waals surface area contributed by atoms with Gasteiger partial charge in [0.1, 0.15) is 5.92 Å². The third-order valence-electron chi connectivity index (χ3n) is 2.94. The number of carbonyl (C=O) groups is 3. The summed E-state index contributed by atoms with van der Waals surface area (Å²) in [7, 11) is -6.25. The number of hydrogen-bond donors (Lipinski definition) is 4. The minimum atomic E-state index is -6.25. The number of nitrogens with zero attached hydrogens (tertiary/aromatic N) is 1. The minimum Gasteiger partial charge on any atom is -0.481 e. The van der Waals surface area contributed by atoms with Gasteiger partial charge < -0.3 is 20.0 Å². The lowest BCUT2D eigenvalue weighted by atomic mass is 9.79. The summed E-state index contributed by atoms with van der Waals surface area (Å²) in [5.74, 6) is -8.38. The van der Waals surface area contributed by atoms with Gasteiger partial charge in [-0.15, -0.1) is 0 Å². The number of carboxylic acids is 2. The van der Waals surface area contributed by atoms with Gasteiger partial charge in [0.25, 0.3) is 0 Å². The highest BCUT2D eigenvalue weighted by atomic mass is 31.2. The number of rotatable bonds is 7. The quantitative estimate of drug-likeness (QED) is 0.466. The summed E-state index contributed by atoms with van der Waals surface area (Å²) in [4.78, 5) is 54.2. The molecule has 0 spiro atoms. The molecule has 9 nitrogen and oxygen atoms in total. The second kappa shape index (κ2) is 5.67. The van der Waals surface area contributed by atoms with Crippen LogP contribution in [0.25, 0.3) is 0 Å². The first-order valence-electron chi connectivity index (χ1n) is 5.52. The summed E-state index contributed by atoms with van der Waals surface area (Å²) in [6.07, 6.45) is 1.01. The van der Waals surface area contributed by atoms with Crippen LogP contribution in [-0.2, 0) is 18.9 Å². The Labute approximate surface area is 121 Å². The minimum absolute atomic E-state index is 0.584. The van der Waals surface area contributed by atoms with Crippen molar-refractivity contribution in [2.75, 3.05) is 0 Å². The molecule has 0 bridgehead atoms. The number of carbonyl (C=O) groups excluding carboxylic acids is 1. The van der Waals surface area contributed by atoms with Gasteiger partial charge in [-0.1, -0.05) is 0 Å². The van der Waals surface area contributed by atoms with Crippen LogP contribution in [0.2, 0.25) is 0 Å². The molecule has 1 aliphatic rings. The average Bonchev–Trinajstić information content (AvgIpc) is 2.83.